The quantitative estimate of drug-likeness (QED) is 0.499. The van der Waals surface area contributed by atoms with Crippen molar-refractivity contribution in [3.8, 4) is 16.9 Å². The Balaban J connectivity index is 2.16. The third-order valence-corrected chi connectivity index (χ3v) is 4.49. The highest BCUT2D eigenvalue weighted by molar-refractivity contribution is 5.95. The smallest absolute Gasteiger partial charge is 0.394 e. The first-order valence-electron chi connectivity index (χ1n) is 9.24. The molecular weight excluding hydrogens is 434 g/mol. The summed E-state index contributed by atoms with van der Waals surface area (Å²) in [5.74, 6) is -1.63. The summed E-state index contributed by atoms with van der Waals surface area (Å²) in [5.41, 5.74) is -2.18. The van der Waals surface area contributed by atoms with Gasteiger partial charge in [-0.3, -0.25) is 9.59 Å². The molecule has 3 aromatic rings. The van der Waals surface area contributed by atoms with Crippen LogP contribution < -0.4 is 10.9 Å². The Hall–Kier alpha value is -3.57. The van der Waals surface area contributed by atoms with E-state index in [2.05, 4.69) is 10.4 Å². The van der Waals surface area contributed by atoms with Crippen molar-refractivity contribution in [2.75, 3.05) is 13.2 Å². The standard InChI is InChI=1S/C21H17F4N3O4/c22-14-2-1-3-16(8-14)28-20(32)17(19(31)26-15(10-29)11-30)9-18(27-28)12-4-6-13(7-5-12)21(23,24)25/h1-9,15,29-30H,10-11H2,(H,26,31). The molecular formula is C21H17F4N3O4. The zero-order valence-electron chi connectivity index (χ0n) is 16.3. The van der Waals surface area contributed by atoms with Gasteiger partial charge < -0.3 is 15.5 Å². The number of aromatic nitrogens is 2. The molecule has 0 aliphatic rings. The van der Waals surface area contributed by atoms with Crippen LogP contribution in [0.1, 0.15) is 15.9 Å². The number of halogens is 4. The van der Waals surface area contributed by atoms with Crippen LogP contribution in [0, 0.1) is 5.82 Å². The monoisotopic (exact) mass is 451 g/mol. The van der Waals surface area contributed by atoms with Crippen molar-refractivity contribution in [3.63, 3.8) is 0 Å². The molecule has 1 amide bonds. The molecule has 3 N–H and O–H groups in total. The molecule has 2 aromatic carbocycles. The number of nitrogens with one attached hydrogen (secondary N) is 1. The highest BCUT2D eigenvalue weighted by atomic mass is 19.4. The average molecular weight is 451 g/mol. The Bertz CT molecular complexity index is 1170. The predicted octanol–water partition coefficient (Wildman–Crippen LogP) is 2.14. The second-order valence-electron chi connectivity index (χ2n) is 6.75. The molecule has 168 valence electrons. The van der Waals surface area contributed by atoms with Crippen LogP contribution in [-0.4, -0.2) is 45.2 Å². The number of aliphatic hydroxyl groups excluding tert-OH is 2. The van der Waals surface area contributed by atoms with E-state index in [9.17, 15) is 37.4 Å². The van der Waals surface area contributed by atoms with E-state index in [1.807, 2.05) is 0 Å². The summed E-state index contributed by atoms with van der Waals surface area (Å²) >= 11 is 0. The molecule has 0 spiro atoms. The second kappa shape index (κ2) is 9.28. The minimum atomic E-state index is -4.55. The van der Waals surface area contributed by atoms with Crippen LogP contribution in [0.4, 0.5) is 17.6 Å². The Kier molecular flexibility index (Phi) is 6.70. The molecule has 0 atom stereocenters. The van der Waals surface area contributed by atoms with Gasteiger partial charge in [-0.2, -0.15) is 23.0 Å². The summed E-state index contributed by atoms with van der Waals surface area (Å²) < 4.78 is 53.0. The van der Waals surface area contributed by atoms with Crippen LogP contribution >= 0.6 is 0 Å². The number of amides is 1. The number of carbonyl (C=O) groups excluding carboxylic acids is 1. The van der Waals surface area contributed by atoms with E-state index < -0.39 is 53.8 Å². The molecule has 0 saturated carbocycles. The first-order valence-corrected chi connectivity index (χ1v) is 9.24. The summed E-state index contributed by atoms with van der Waals surface area (Å²) in [6.45, 7) is -1.20. The van der Waals surface area contributed by atoms with E-state index in [0.29, 0.717) is 0 Å². The highest BCUT2D eigenvalue weighted by Crippen LogP contribution is 2.30. The molecule has 0 unspecified atom stereocenters. The minimum absolute atomic E-state index is 0.0151. The van der Waals surface area contributed by atoms with Gasteiger partial charge in [0, 0.05) is 5.56 Å². The molecule has 1 heterocycles. The third kappa shape index (κ3) is 5.01. The summed E-state index contributed by atoms with van der Waals surface area (Å²) in [5, 5.41) is 24.7. The zero-order chi connectivity index (χ0) is 23.5. The van der Waals surface area contributed by atoms with Crippen molar-refractivity contribution in [1.29, 1.82) is 0 Å². The molecule has 11 heteroatoms. The van der Waals surface area contributed by atoms with Gasteiger partial charge in [-0.05, 0) is 36.4 Å². The maximum absolute atomic E-state index is 13.7. The number of carbonyl (C=O) groups is 1. The van der Waals surface area contributed by atoms with E-state index in [-0.39, 0.29) is 16.9 Å². The van der Waals surface area contributed by atoms with Crippen LogP contribution in [0.3, 0.4) is 0 Å². The maximum atomic E-state index is 13.7. The molecule has 0 aliphatic carbocycles. The van der Waals surface area contributed by atoms with E-state index in [0.717, 1.165) is 47.1 Å². The topological polar surface area (TPSA) is 104 Å². The van der Waals surface area contributed by atoms with Gasteiger partial charge in [-0.25, -0.2) is 4.39 Å². The van der Waals surface area contributed by atoms with Crippen LogP contribution in [0.2, 0.25) is 0 Å². The van der Waals surface area contributed by atoms with Gasteiger partial charge in [-0.15, -0.1) is 0 Å². The molecule has 32 heavy (non-hydrogen) atoms. The van der Waals surface area contributed by atoms with E-state index in [1.54, 1.807) is 0 Å². The first kappa shape index (κ1) is 23.1. The summed E-state index contributed by atoms with van der Waals surface area (Å²) in [6.07, 6.45) is -4.55. The lowest BCUT2D eigenvalue weighted by atomic mass is 10.1. The summed E-state index contributed by atoms with van der Waals surface area (Å²) in [7, 11) is 0. The van der Waals surface area contributed by atoms with Gasteiger partial charge in [0.1, 0.15) is 11.4 Å². The van der Waals surface area contributed by atoms with Crippen molar-refractivity contribution in [3.05, 3.63) is 81.9 Å². The van der Waals surface area contributed by atoms with Gasteiger partial charge in [0.25, 0.3) is 11.5 Å². The molecule has 0 saturated heterocycles. The molecule has 7 nitrogen and oxygen atoms in total. The molecule has 3 rings (SSSR count). The normalized spacial score (nSPS) is 11.6. The van der Waals surface area contributed by atoms with Gasteiger partial charge in [-0.1, -0.05) is 18.2 Å². The van der Waals surface area contributed by atoms with E-state index >= 15 is 0 Å². The van der Waals surface area contributed by atoms with E-state index in [4.69, 9.17) is 0 Å². The number of aliphatic hydroxyl groups is 2. The number of nitrogens with zero attached hydrogens (tertiary/aromatic N) is 2. The van der Waals surface area contributed by atoms with Crippen LogP contribution in [-0.2, 0) is 6.18 Å². The van der Waals surface area contributed by atoms with Gasteiger partial charge in [0.15, 0.2) is 0 Å². The number of benzene rings is 2. The van der Waals surface area contributed by atoms with Crippen molar-refractivity contribution >= 4 is 5.91 Å². The lowest BCUT2D eigenvalue weighted by molar-refractivity contribution is -0.137. The number of hydrogen-bond donors (Lipinski definition) is 3. The number of hydrogen-bond acceptors (Lipinski definition) is 5. The Morgan fingerprint density at radius 1 is 1.06 bits per heavy atom. The summed E-state index contributed by atoms with van der Waals surface area (Å²) in [4.78, 5) is 25.5. The fourth-order valence-electron chi connectivity index (χ4n) is 2.82. The average Bonchev–Trinajstić information content (AvgIpc) is 2.77. The fraction of sp³-hybridized carbons (Fsp3) is 0.190. The van der Waals surface area contributed by atoms with Gasteiger partial charge in [0.2, 0.25) is 0 Å². The van der Waals surface area contributed by atoms with Crippen LogP contribution in [0.5, 0.6) is 0 Å². The fourth-order valence-corrected chi connectivity index (χ4v) is 2.82. The Morgan fingerprint density at radius 2 is 1.72 bits per heavy atom. The van der Waals surface area contributed by atoms with Crippen molar-refractivity contribution in [2.24, 2.45) is 0 Å². The lowest BCUT2D eigenvalue weighted by Crippen LogP contribution is -2.43. The van der Waals surface area contributed by atoms with Gasteiger partial charge in [0.05, 0.1) is 36.2 Å². The number of rotatable bonds is 6. The Labute approximate surface area is 178 Å². The Morgan fingerprint density at radius 3 is 2.28 bits per heavy atom. The molecule has 0 radical (unpaired) electrons. The van der Waals surface area contributed by atoms with Crippen molar-refractivity contribution in [2.45, 2.75) is 12.2 Å². The van der Waals surface area contributed by atoms with Crippen LogP contribution in [0.25, 0.3) is 16.9 Å². The van der Waals surface area contributed by atoms with Crippen molar-refractivity contribution < 1.29 is 32.6 Å². The SMILES string of the molecule is O=C(NC(CO)CO)c1cc(-c2ccc(C(F)(F)F)cc2)nn(-c2cccc(F)c2)c1=O. The minimum Gasteiger partial charge on any atom is -0.394 e. The zero-order valence-corrected chi connectivity index (χ0v) is 16.3. The second-order valence-corrected chi connectivity index (χ2v) is 6.75. The summed E-state index contributed by atoms with van der Waals surface area (Å²) in [6, 6.07) is 8.72. The number of alkyl halides is 3. The maximum Gasteiger partial charge on any atom is 0.416 e. The van der Waals surface area contributed by atoms with E-state index in [1.165, 1.54) is 12.1 Å². The first-order chi connectivity index (χ1) is 15.1. The molecule has 1 aromatic heterocycles. The van der Waals surface area contributed by atoms with Crippen molar-refractivity contribution in [1.82, 2.24) is 15.1 Å². The van der Waals surface area contributed by atoms with Crippen LogP contribution in [0.15, 0.2) is 59.4 Å². The lowest BCUT2D eigenvalue weighted by Gasteiger charge is -2.15. The predicted molar refractivity (Wildman–Crippen MR) is 106 cm³/mol. The third-order valence-electron chi connectivity index (χ3n) is 4.49. The molecule has 0 fully saturated rings. The highest BCUT2D eigenvalue weighted by Gasteiger charge is 2.30. The molecule has 0 bridgehead atoms. The van der Waals surface area contributed by atoms with Gasteiger partial charge >= 0.3 is 6.18 Å². The largest absolute Gasteiger partial charge is 0.416 e. The molecule has 0 aliphatic heterocycles.